The summed E-state index contributed by atoms with van der Waals surface area (Å²) in [5.74, 6) is 0.634. The lowest BCUT2D eigenvalue weighted by Gasteiger charge is -2.23. The topological polar surface area (TPSA) is 79.8 Å². The molecule has 136 valence electrons. The highest BCUT2D eigenvalue weighted by Gasteiger charge is 2.12. The van der Waals surface area contributed by atoms with Gasteiger partial charge >= 0.3 is 6.09 Å². The number of nitrogens with one attached hydrogen (secondary N) is 2. The van der Waals surface area contributed by atoms with Crippen LogP contribution in [0.15, 0.2) is 24.3 Å². The van der Waals surface area contributed by atoms with Crippen molar-refractivity contribution >= 4 is 11.8 Å². The molecular weight excluding hydrogens is 308 g/mol. The van der Waals surface area contributed by atoms with Crippen LogP contribution in [0.2, 0.25) is 0 Å². The van der Waals surface area contributed by atoms with E-state index in [-0.39, 0.29) is 12.1 Å². The Labute approximate surface area is 144 Å². The van der Waals surface area contributed by atoms with Crippen LogP contribution in [-0.4, -0.2) is 42.6 Å². The molecule has 1 amide bonds. The monoisotopic (exact) mass is 338 g/mol. The summed E-state index contributed by atoms with van der Waals surface area (Å²) in [7, 11) is 0. The standard InChI is InChI=1S/C18H30N2O4/c1-5-6-11-23-17(22)20-14-7-9-16(10-8-14)24-13-15(21)12-19-18(2,3)4/h7-10,15,19,21H,5-6,11-13H2,1-4H3,(H,20,22). The average Bonchev–Trinajstić information content (AvgIpc) is 2.52. The summed E-state index contributed by atoms with van der Waals surface area (Å²) in [6.45, 7) is 9.25. The zero-order valence-electron chi connectivity index (χ0n) is 15.1. The number of β-amino-alcohol motifs (C(OH)–C–C–N with tert-alkyl or cyclic N) is 1. The maximum Gasteiger partial charge on any atom is 0.411 e. The Morgan fingerprint density at radius 3 is 2.50 bits per heavy atom. The van der Waals surface area contributed by atoms with E-state index in [1.807, 2.05) is 27.7 Å². The Balaban J connectivity index is 2.32. The number of ether oxygens (including phenoxy) is 2. The lowest BCUT2D eigenvalue weighted by Crippen LogP contribution is -2.42. The van der Waals surface area contributed by atoms with Gasteiger partial charge in [-0.25, -0.2) is 4.79 Å². The van der Waals surface area contributed by atoms with Crippen LogP contribution in [0.1, 0.15) is 40.5 Å². The number of amides is 1. The fraction of sp³-hybridized carbons (Fsp3) is 0.611. The Hall–Kier alpha value is -1.79. The Morgan fingerprint density at radius 1 is 1.25 bits per heavy atom. The second-order valence-corrected chi connectivity index (χ2v) is 6.73. The van der Waals surface area contributed by atoms with Gasteiger partial charge in [0.15, 0.2) is 0 Å². The highest BCUT2D eigenvalue weighted by Crippen LogP contribution is 2.16. The minimum absolute atomic E-state index is 0.0416. The van der Waals surface area contributed by atoms with E-state index in [2.05, 4.69) is 10.6 Å². The van der Waals surface area contributed by atoms with Crippen molar-refractivity contribution in [2.45, 2.75) is 52.2 Å². The van der Waals surface area contributed by atoms with Gasteiger partial charge in [0.25, 0.3) is 0 Å². The number of rotatable bonds is 9. The molecule has 0 heterocycles. The van der Waals surface area contributed by atoms with Gasteiger partial charge in [-0.2, -0.15) is 0 Å². The van der Waals surface area contributed by atoms with E-state index in [1.54, 1.807) is 24.3 Å². The number of aliphatic hydroxyl groups excluding tert-OH is 1. The van der Waals surface area contributed by atoms with Crippen LogP contribution in [0.3, 0.4) is 0 Å². The third-order valence-electron chi connectivity index (χ3n) is 3.14. The van der Waals surface area contributed by atoms with Gasteiger partial charge in [-0.3, -0.25) is 5.32 Å². The van der Waals surface area contributed by atoms with E-state index in [1.165, 1.54) is 0 Å². The van der Waals surface area contributed by atoms with Gasteiger partial charge in [-0.1, -0.05) is 13.3 Å². The van der Waals surface area contributed by atoms with Crippen LogP contribution in [-0.2, 0) is 4.74 Å². The predicted molar refractivity (Wildman–Crippen MR) is 95.6 cm³/mol. The van der Waals surface area contributed by atoms with Crippen molar-refractivity contribution in [2.75, 3.05) is 25.1 Å². The minimum Gasteiger partial charge on any atom is -0.491 e. The number of unbranched alkanes of at least 4 members (excludes halogenated alkanes) is 1. The molecule has 6 nitrogen and oxygen atoms in total. The Bertz CT molecular complexity index is 483. The second kappa shape index (κ2) is 10.2. The van der Waals surface area contributed by atoms with Crippen molar-refractivity contribution in [3.8, 4) is 5.75 Å². The van der Waals surface area contributed by atoms with E-state index in [0.717, 1.165) is 12.8 Å². The average molecular weight is 338 g/mol. The van der Waals surface area contributed by atoms with Crippen molar-refractivity contribution in [2.24, 2.45) is 0 Å². The molecular formula is C18H30N2O4. The first-order valence-corrected chi connectivity index (χ1v) is 8.40. The summed E-state index contributed by atoms with van der Waals surface area (Å²) in [6.07, 6.45) is 0.791. The molecule has 1 rings (SSSR count). The molecule has 0 aliphatic rings. The molecule has 24 heavy (non-hydrogen) atoms. The molecule has 0 aliphatic heterocycles. The molecule has 1 aromatic carbocycles. The second-order valence-electron chi connectivity index (χ2n) is 6.73. The van der Waals surface area contributed by atoms with Gasteiger partial charge in [0.2, 0.25) is 0 Å². The van der Waals surface area contributed by atoms with E-state index in [0.29, 0.717) is 24.6 Å². The first-order valence-electron chi connectivity index (χ1n) is 8.40. The van der Waals surface area contributed by atoms with Gasteiger partial charge in [-0.15, -0.1) is 0 Å². The summed E-state index contributed by atoms with van der Waals surface area (Å²) < 4.78 is 10.6. The molecule has 0 aliphatic carbocycles. The lowest BCUT2D eigenvalue weighted by atomic mass is 10.1. The number of aliphatic hydroxyl groups is 1. The van der Waals surface area contributed by atoms with Crippen molar-refractivity contribution < 1.29 is 19.4 Å². The summed E-state index contributed by atoms with van der Waals surface area (Å²) in [6, 6.07) is 6.95. The molecule has 0 radical (unpaired) electrons. The van der Waals surface area contributed by atoms with E-state index < -0.39 is 12.2 Å². The fourth-order valence-corrected chi connectivity index (χ4v) is 1.77. The number of hydrogen-bond acceptors (Lipinski definition) is 5. The molecule has 6 heteroatoms. The van der Waals surface area contributed by atoms with Crippen molar-refractivity contribution in [1.29, 1.82) is 0 Å². The molecule has 1 atom stereocenters. The SMILES string of the molecule is CCCCOC(=O)Nc1ccc(OCC(O)CNC(C)(C)C)cc1. The minimum atomic E-state index is -0.587. The largest absolute Gasteiger partial charge is 0.491 e. The maximum atomic E-state index is 11.5. The molecule has 1 aromatic rings. The maximum absolute atomic E-state index is 11.5. The third kappa shape index (κ3) is 9.37. The number of anilines is 1. The van der Waals surface area contributed by atoms with Gasteiger partial charge in [0, 0.05) is 17.8 Å². The molecule has 0 saturated heterocycles. The summed E-state index contributed by atoms with van der Waals surface area (Å²) in [5, 5.41) is 15.8. The Kier molecular flexibility index (Phi) is 8.57. The summed E-state index contributed by atoms with van der Waals surface area (Å²) in [4.78, 5) is 11.5. The van der Waals surface area contributed by atoms with Crippen LogP contribution in [0.4, 0.5) is 10.5 Å². The van der Waals surface area contributed by atoms with Crippen molar-refractivity contribution in [1.82, 2.24) is 5.32 Å². The predicted octanol–water partition coefficient (Wildman–Crippen LogP) is 3.16. The molecule has 0 fully saturated rings. The van der Waals surface area contributed by atoms with Crippen LogP contribution >= 0.6 is 0 Å². The highest BCUT2D eigenvalue weighted by atomic mass is 16.5. The molecule has 0 bridgehead atoms. The molecule has 0 spiro atoms. The smallest absolute Gasteiger partial charge is 0.411 e. The fourth-order valence-electron chi connectivity index (χ4n) is 1.77. The zero-order chi connectivity index (χ0) is 18.0. The van der Waals surface area contributed by atoms with Crippen LogP contribution in [0, 0.1) is 0 Å². The van der Waals surface area contributed by atoms with Crippen LogP contribution < -0.4 is 15.4 Å². The van der Waals surface area contributed by atoms with Crippen molar-refractivity contribution in [3.05, 3.63) is 24.3 Å². The summed E-state index contributed by atoms with van der Waals surface area (Å²) >= 11 is 0. The Morgan fingerprint density at radius 2 is 1.92 bits per heavy atom. The number of benzene rings is 1. The van der Waals surface area contributed by atoms with E-state index in [4.69, 9.17) is 9.47 Å². The van der Waals surface area contributed by atoms with Gasteiger partial charge in [0.1, 0.15) is 18.5 Å². The lowest BCUT2D eigenvalue weighted by molar-refractivity contribution is 0.100. The molecule has 0 saturated carbocycles. The van der Waals surface area contributed by atoms with Gasteiger partial charge in [0.05, 0.1) is 6.61 Å². The number of hydrogen-bond donors (Lipinski definition) is 3. The molecule has 3 N–H and O–H groups in total. The third-order valence-corrected chi connectivity index (χ3v) is 3.14. The molecule has 0 aromatic heterocycles. The number of carbonyl (C=O) groups is 1. The normalized spacial score (nSPS) is 12.5. The van der Waals surface area contributed by atoms with Gasteiger partial charge < -0.3 is 19.9 Å². The van der Waals surface area contributed by atoms with E-state index >= 15 is 0 Å². The van der Waals surface area contributed by atoms with Crippen molar-refractivity contribution in [3.63, 3.8) is 0 Å². The quantitative estimate of drug-likeness (QED) is 0.603. The van der Waals surface area contributed by atoms with Gasteiger partial charge in [-0.05, 0) is 51.5 Å². The first kappa shape index (κ1) is 20.3. The number of carbonyl (C=O) groups excluding carboxylic acids is 1. The summed E-state index contributed by atoms with van der Waals surface area (Å²) in [5.41, 5.74) is 0.596. The van der Waals surface area contributed by atoms with E-state index in [9.17, 15) is 9.90 Å². The molecule has 1 unspecified atom stereocenters. The highest BCUT2D eigenvalue weighted by molar-refractivity contribution is 5.84. The van der Waals surface area contributed by atoms with Crippen LogP contribution in [0.25, 0.3) is 0 Å². The first-order chi connectivity index (χ1) is 11.3. The van der Waals surface area contributed by atoms with Crippen LogP contribution in [0.5, 0.6) is 5.75 Å². The zero-order valence-corrected chi connectivity index (χ0v) is 15.1.